The maximum atomic E-state index is 12.5. The van der Waals surface area contributed by atoms with Gasteiger partial charge in [-0.1, -0.05) is 24.9 Å². The Hall–Kier alpha value is -2.05. The zero-order valence-electron chi connectivity index (χ0n) is 14.2. The number of nitrogens with one attached hydrogen (secondary N) is 2. The molecule has 2 rings (SSSR count). The summed E-state index contributed by atoms with van der Waals surface area (Å²) in [6.07, 6.45) is 1.90. The smallest absolute Gasteiger partial charge is 0.261 e. The van der Waals surface area contributed by atoms with Gasteiger partial charge in [-0.2, -0.15) is 0 Å². The second kappa shape index (κ2) is 8.36. The summed E-state index contributed by atoms with van der Waals surface area (Å²) in [6.45, 7) is 4.42. The number of unbranched alkanes of at least 4 members (excludes halogenated alkanes) is 1. The van der Waals surface area contributed by atoms with E-state index < -0.39 is 10.0 Å². The third-order valence-electron chi connectivity index (χ3n) is 3.68. The zero-order chi connectivity index (χ0) is 18.4. The Kier molecular flexibility index (Phi) is 6.45. The second-order valence-corrected chi connectivity index (χ2v) is 7.82. The number of halogens is 1. The van der Waals surface area contributed by atoms with Gasteiger partial charge in [0, 0.05) is 17.1 Å². The van der Waals surface area contributed by atoms with Gasteiger partial charge in [-0.05, 0) is 61.4 Å². The molecule has 0 bridgehead atoms. The van der Waals surface area contributed by atoms with Crippen LogP contribution >= 0.6 is 11.6 Å². The molecular weight excluding hydrogens is 360 g/mol. The Labute approximate surface area is 153 Å². The second-order valence-electron chi connectivity index (χ2n) is 5.70. The first-order chi connectivity index (χ1) is 11.8. The van der Waals surface area contributed by atoms with Crippen LogP contribution in [0.5, 0.6) is 0 Å². The Morgan fingerprint density at radius 1 is 1.12 bits per heavy atom. The van der Waals surface area contributed by atoms with Crippen molar-refractivity contribution < 1.29 is 13.2 Å². The summed E-state index contributed by atoms with van der Waals surface area (Å²) in [7, 11) is -3.74. The minimum Gasteiger partial charge on any atom is -0.352 e. The number of sulfonamides is 1. The van der Waals surface area contributed by atoms with Crippen LogP contribution in [-0.4, -0.2) is 20.9 Å². The highest BCUT2D eigenvalue weighted by Gasteiger charge is 2.16. The van der Waals surface area contributed by atoms with E-state index in [-0.39, 0.29) is 10.8 Å². The average Bonchev–Trinajstić information content (AvgIpc) is 2.57. The van der Waals surface area contributed by atoms with E-state index >= 15 is 0 Å². The first-order valence-electron chi connectivity index (χ1n) is 8.00. The molecule has 0 aliphatic heterocycles. The monoisotopic (exact) mass is 380 g/mol. The van der Waals surface area contributed by atoms with Crippen molar-refractivity contribution in [3.05, 3.63) is 58.6 Å². The van der Waals surface area contributed by atoms with Gasteiger partial charge < -0.3 is 5.32 Å². The van der Waals surface area contributed by atoms with Crippen LogP contribution in [0.25, 0.3) is 0 Å². The van der Waals surface area contributed by atoms with Crippen LogP contribution in [0.3, 0.4) is 0 Å². The highest BCUT2D eigenvalue weighted by atomic mass is 35.5. The number of amides is 1. The molecule has 0 unspecified atom stereocenters. The van der Waals surface area contributed by atoms with Crippen molar-refractivity contribution in [1.29, 1.82) is 0 Å². The van der Waals surface area contributed by atoms with Gasteiger partial charge in [0.25, 0.3) is 15.9 Å². The molecule has 2 aromatic rings. The quantitative estimate of drug-likeness (QED) is 0.713. The van der Waals surface area contributed by atoms with Gasteiger partial charge in [0.1, 0.15) is 0 Å². The fourth-order valence-electron chi connectivity index (χ4n) is 2.21. The Bertz CT molecular complexity index is 849. The molecule has 0 saturated heterocycles. The highest BCUT2D eigenvalue weighted by Crippen LogP contribution is 2.23. The number of benzene rings is 2. The molecule has 0 spiro atoms. The fourth-order valence-corrected chi connectivity index (χ4v) is 3.57. The summed E-state index contributed by atoms with van der Waals surface area (Å²) in [4.78, 5) is 12.0. The lowest BCUT2D eigenvalue weighted by Gasteiger charge is -2.11. The minimum atomic E-state index is -3.74. The van der Waals surface area contributed by atoms with Gasteiger partial charge in [0.2, 0.25) is 0 Å². The van der Waals surface area contributed by atoms with Crippen molar-refractivity contribution in [2.45, 2.75) is 31.6 Å². The molecular formula is C18H21ClN2O3S. The van der Waals surface area contributed by atoms with Crippen LogP contribution in [0.4, 0.5) is 5.69 Å². The van der Waals surface area contributed by atoms with E-state index in [2.05, 4.69) is 10.0 Å². The van der Waals surface area contributed by atoms with Crippen LogP contribution in [0.1, 0.15) is 35.7 Å². The van der Waals surface area contributed by atoms with E-state index in [0.717, 1.165) is 18.4 Å². The van der Waals surface area contributed by atoms with Gasteiger partial charge in [-0.3, -0.25) is 9.52 Å². The van der Waals surface area contributed by atoms with E-state index in [4.69, 9.17) is 11.6 Å². The topological polar surface area (TPSA) is 75.3 Å². The number of rotatable bonds is 7. The summed E-state index contributed by atoms with van der Waals surface area (Å²) < 4.78 is 27.5. The van der Waals surface area contributed by atoms with E-state index in [1.165, 1.54) is 24.3 Å². The molecule has 0 aliphatic carbocycles. The molecule has 2 N–H and O–H groups in total. The molecule has 0 saturated carbocycles. The van der Waals surface area contributed by atoms with Crippen LogP contribution in [-0.2, 0) is 10.0 Å². The van der Waals surface area contributed by atoms with Crippen LogP contribution in [0.2, 0.25) is 5.02 Å². The molecule has 0 aliphatic rings. The van der Waals surface area contributed by atoms with Crippen molar-refractivity contribution in [2.24, 2.45) is 0 Å². The van der Waals surface area contributed by atoms with Gasteiger partial charge in [0.05, 0.1) is 10.6 Å². The van der Waals surface area contributed by atoms with Crippen molar-refractivity contribution >= 4 is 33.2 Å². The van der Waals surface area contributed by atoms with E-state index in [0.29, 0.717) is 22.8 Å². The summed E-state index contributed by atoms with van der Waals surface area (Å²) in [5, 5.41) is 3.33. The number of carbonyl (C=O) groups is 1. The summed E-state index contributed by atoms with van der Waals surface area (Å²) in [5.41, 5.74) is 1.62. The fraction of sp³-hybridized carbons (Fsp3) is 0.278. The Morgan fingerprint density at radius 2 is 1.80 bits per heavy atom. The summed E-state index contributed by atoms with van der Waals surface area (Å²) in [5.74, 6) is -0.209. The molecule has 134 valence electrons. The molecule has 0 radical (unpaired) electrons. The lowest BCUT2D eigenvalue weighted by molar-refractivity contribution is 0.0953. The van der Waals surface area contributed by atoms with Crippen molar-refractivity contribution in [2.75, 3.05) is 11.3 Å². The number of anilines is 1. The first kappa shape index (κ1) is 19.3. The lowest BCUT2D eigenvalue weighted by Crippen LogP contribution is -2.24. The maximum Gasteiger partial charge on any atom is 0.261 e. The Morgan fingerprint density at radius 3 is 2.40 bits per heavy atom. The van der Waals surface area contributed by atoms with Crippen LogP contribution in [0.15, 0.2) is 47.4 Å². The number of hydrogen-bond acceptors (Lipinski definition) is 3. The van der Waals surface area contributed by atoms with Crippen LogP contribution < -0.4 is 10.0 Å². The zero-order valence-corrected chi connectivity index (χ0v) is 15.7. The van der Waals surface area contributed by atoms with Crippen molar-refractivity contribution in [3.63, 3.8) is 0 Å². The Balaban J connectivity index is 2.13. The predicted molar refractivity (Wildman–Crippen MR) is 101 cm³/mol. The minimum absolute atomic E-state index is 0.0898. The standard InChI is InChI=1S/C18H21ClN2O3S/c1-3-4-11-20-18(22)14-5-8-16(9-6-14)25(23,24)21-17-10-7-15(19)12-13(17)2/h5-10,12,21H,3-4,11H2,1-2H3,(H,20,22). The van der Waals surface area contributed by atoms with Crippen LogP contribution in [0, 0.1) is 6.92 Å². The SMILES string of the molecule is CCCCNC(=O)c1ccc(S(=O)(=O)Nc2ccc(Cl)cc2C)cc1. The van der Waals surface area contributed by atoms with Crippen molar-refractivity contribution in [1.82, 2.24) is 5.32 Å². The van der Waals surface area contributed by atoms with E-state index in [9.17, 15) is 13.2 Å². The maximum absolute atomic E-state index is 12.5. The summed E-state index contributed by atoms with van der Waals surface area (Å²) >= 11 is 5.88. The highest BCUT2D eigenvalue weighted by molar-refractivity contribution is 7.92. The summed E-state index contributed by atoms with van der Waals surface area (Å²) in [6, 6.07) is 10.8. The normalized spacial score (nSPS) is 11.2. The number of aryl methyl sites for hydroxylation is 1. The van der Waals surface area contributed by atoms with E-state index in [1.54, 1.807) is 25.1 Å². The lowest BCUT2D eigenvalue weighted by atomic mass is 10.2. The first-order valence-corrected chi connectivity index (χ1v) is 9.87. The molecule has 2 aromatic carbocycles. The number of carbonyl (C=O) groups excluding carboxylic acids is 1. The number of hydrogen-bond donors (Lipinski definition) is 2. The molecule has 0 heterocycles. The molecule has 0 atom stereocenters. The van der Waals surface area contributed by atoms with Gasteiger partial charge >= 0.3 is 0 Å². The van der Waals surface area contributed by atoms with Gasteiger partial charge in [0.15, 0.2) is 0 Å². The van der Waals surface area contributed by atoms with E-state index in [1.807, 2.05) is 6.92 Å². The molecule has 5 nitrogen and oxygen atoms in total. The van der Waals surface area contributed by atoms with Gasteiger partial charge in [-0.25, -0.2) is 8.42 Å². The third kappa shape index (κ3) is 5.21. The predicted octanol–water partition coefficient (Wildman–Crippen LogP) is 3.98. The largest absolute Gasteiger partial charge is 0.352 e. The molecule has 0 fully saturated rings. The molecule has 0 aromatic heterocycles. The van der Waals surface area contributed by atoms with Gasteiger partial charge in [-0.15, -0.1) is 0 Å². The third-order valence-corrected chi connectivity index (χ3v) is 5.29. The molecule has 1 amide bonds. The average molecular weight is 381 g/mol. The molecule has 7 heteroatoms. The molecule has 25 heavy (non-hydrogen) atoms. The van der Waals surface area contributed by atoms with Crippen molar-refractivity contribution in [3.8, 4) is 0 Å².